The first kappa shape index (κ1) is 20.1. The van der Waals surface area contributed by atoms with Crippen molar-refractivity contribution in [1.82, 2.24) is 20.1 Å². The fourth-order valence-electron chi connectivity index (χ4n) is 3.66. The fourth-order valence-corrected chi connectivity index (χ4v) is 4.69. The standard InChI is InChI=1S/C22H19N5O4S/c28-19(24-8-13-4-3-7-31-13)10-27-21(16-11-32-12-18(16)26-27)25-22(30)20(29)15-9-23-17-6-2-1-5-14(15)17/h1-7,9,23H,8,10-12H2,(H,24,28)(H,25,30). The molecule has 0 saturated carbocycles. The third-order valence-corrected chi connectivity index (χ3v) is 6.19. The zero-order valence-electron chi connectivity index (χ0n) is 16.9. The van der Waals surface area contributed by atoms with E-state index in [0.29, 0.717) is 34.0 Å². The summed E-state index contributed by atoms with van der Waals surface area (Å²) in [6.45, 7) is 0.165. The Bertz CT molecular complexity index is 1320. The minimum atomic E-state index is -0.772. The second-order valence-corrected chi connectivity index (χ2v) is 8.30. The van der Waals surface area contributed by atoms with Gasteiger partial charge < -0.3 is 20.0 Å². The molecule has 3 aromatic heterocycles. The molecule has 10 heteroatoms. The average molecular weight is 449 g/mol. The van der Waals surface area contributed by atoms with E-state index in [1.165, 1.54) is 17.1 Å². The van der Waals surface area contributed by atoms with E-state index in [0.717, 1.165) is 16.8 Å². The van der Waals surface area contributed by atoms with Gasteiger partial charge in [0.15, 0.2) is 0 Å². The zero-order chi connectivity index (χ0) is 22.1. The summed E-state index contributed by atoms with van der Waals surface area (Å²) in [4.78, 5) is 41.1. The normalized spacial score (nSPS) is 12.6. The number of rotatable bonds is 7. The minimum Gasteiger partial charge on any atom is -0.467 e. The summed E-state index contributed by atoms with van der Waals surface area (Å²) in [5.74, 6) is 0.652. The van der Waals surface area contributed by atoms with E-state index in [4.69, 9.17) is 4.42 Å². The molecule has 1 aromatic carbocycles. The Morgan fingerprint density at radius 2 is 2.03 bits per heavy atom. The number of Topliss-reactive ketones (excluding diaryl/α,β-unsaturated/α-hetero) is 1. The van der Waals surface area contributed by atoms with Crippen LogP contribution in [0, 0.1) is 0 Å². The lowest BCUT2D eigenvalue weighted by atomic mass is 10.1. The number of ketones is 1. The molecule has 1 aliphatic heterocycles. The molecule has 4 aromatic rings. The maximum absolute atomic E-state index is 12.9. The van der Waals surface area contributed by atoms with E-state index in [9.17, 15) is 14.4 Å². The van der Waals surface area contributed by atoms with Crippen LogP contribution in [0.4, 0.5) is 5.82 Å². The van der Waals surface area contributed by atoms with Crippen molar-refractivity contribution in [3.05, 3.63) is 71.4 Å². The number of aromatic amines is 1. The van der Waals surface area contributed by atoms with Crippen LogP contribution in [0.5, 0.6) is 0 Å². The Labute approximate surface area is 186 Å². The molecular formula is C22H19N5O4S. The Kier molecular flexibility index (Phi) is 5.28. The van der Waals surface area contributed by atoms with Crippen molar-refractivity contribution in [2.45, 2.75) is 24.6 Å². The first-order chi connectivity index (χ1) is 15.6. The lowest BCUT2D eigenvalue weighted by molar-refractivity contribution is -0.122. The summed E-state index contributed by atoms with van der Waals surface area (Å²) >= 11 is 1.66. The number of carbonyl (C=O) groups is 3. The number of fused-ring (bicyclic) bond motifs is 2. The van der Waals surface area contributed by atoms with Crippen molar-refractivity contribution < 1.29 is 18.8 Å². The third kappa shape index (κ3) is 3.80. The number of anilines is 1. The largest absolute Gasteiger partial charge is 0.467 e. The van der Waals surface area contributed by atoms with E-state index < -0.39 is 11.7 Å². The number of H-pyrrole nitrogens is 1. The molecule has 0 aliphatic carbocycles. The lowest BCUT2D eigenvalue weighted by Gasteiger charge is -2.10. The molecule has 2 amide bonds. The quantitative estimate of drug-likeness (QED) is 0.295. The number of furan rings is 1. The summed E-state index contributed by atoms with van der Waals surface area (Å²) in [6, 6.07) is 10.8. The molecule has 4 heterocycles. The number of carbonyl (C=O) groups excluding carboxylic acids is 3. The summed E-state index contributed by atoms with van der Waals surface area (Å²) in [5.41, 5.74) is 2.73. The van der Waals surface area contributed by atoms with Crippen LogP contribution in [0.1, 0.15) is 27.4 Å². The van der Waals surface area contributed by atoms with Crippen LogP contribution in [0.2, 0.25) is 0 Å². The van der Waals surface area contributed by atoms with E-state index in [-0.39, 0.29) is 19.0 Å². The number of thioether (sulfide) groups is 1. The molecule has 0 saturated heterocycles. The molecule has 0 spiro atoms. The van der Waals surface area contributed by atoms with Gasteiger partial charge in [-0.2, -0.15) is 16.9 Å². The summed E-state index contributed by atoms with van der Waals surface area (Å²) in [7, 11) is 0. The van der Waals surface area contributed by atoms with Crippen LogP contribution in [-0.4, -0.2) is 32.4 Å². The molecule has 0 bridgehead atoms. The van der Waals surface area contributed by atoms with Gasteiger partial charge in [0.1, 0.15) is 18.1 Å². The minimum absolute atomic E-state index is 0.0880. The highest BCUT2D eigenvalue weighted by Crippen LogP contribution is 2.34. The molecule has 3 N–H and O–H groups in total. The van der Waals surface area contributed by atoms with Crippen molar-refractivity contribution in [3.8, 4) is 0 Å². The van der Waals surface area contributed by atoms with Gasteiger partial charge in [0.05, 0.1) is 24.1 Å². The topological polar surface area (TPSA) is 122 Å². The number of para-hydroxylation sites is 1. The van der Waals surface area contributed by atoms with Crippen LogP contribution in [0.3, 0.4) is 0 Å². The number of hydrogen-bond donors (Lipinski definition) is 3. The van der Waals surface area contributed by atoms with Gasteiger partial charge in [-0.25, -0.2) is 4.68 Å². The highest BCUT2D eigenvalue weighted by atomic mass is 32.2. The highest BCUT2D eigenvalue weighted by molar-refractivity contribution is 7.98. The van der Waals surface area contributed by atoms with Gasteiger partial charge in [-0.1, -0.05) is 18.2 Å². The van der Waals surface area contributed by atoms with Crippen molar-refractivity contribution in [2.24, 2.45) is 0 Å². The zero-order valence-corrected chi connectivity index (χ0v) is 17.7. The van der Waals surface area contributed by atoms with Gasteiger partial charge >= 0.3 is 0 Å². The highest BCUT2D eigenvalue weighted by Gasteiger charge is 2.27. The second kappa shape index (κ2) is 8.39. The fraction of sp³-hybridized carbons (Fsp3) is 0.182. The molecule has 0 unspecified atom stereocenters. The molecule has 5 rings (SSSR count). The third-order valence-electron chi connectivity index (χ3n) is 5.22. The summed E-state index contributed by atoms with van der Waals surface area (Å²) in [6.07, 6.45) is 3.07. The van der Waals surface area contributed by atoms with E-state index in [1.54, 1.807) is 30.0 Å². The van der Waals surface area contributed by atoms with E-state index in [1.807, 2.05) is 18.2 Å². The first-order valence-electron chi connectivity index (χ1n) is 9.97. The molecular weight excluding hydrogens is 430 g/mol. The maximum atomic E-state index is 12.9. The number of nitrogens with one attached hydrogen (secondary N) is 3. The van der Waals surface area contributed by atoms with Crippen LogP contribution >= 0.6 is 11.8 Å². The van der Waals surface area contributed by atoms with Gasteiger partial charge in [-0.05, 0) is 18.2 Å². The SMILES string of the molecule is O=C(Cn1nc2c(c1NC(=O)C(=O)c1c[nH]c3ccccc13)CSC2)NCc1ccco1. The predicted octanol–water partition coefficient (Wildman–Crippen LogP) is 2.84. The number of benzene rings is 1. The van der Waals surface area contributed by atoms with Gasteiger partial charge in [0.25, 0.3) is 11.7 Å². The number of hydrogen-bond acceptors (Lipinski definition) is 6. The van der Waals surface area contributed by atoms with Crippen LogP contribution in [-0.2, 0) is 34.2 Å². The van der Waals surface area contributed by atoms with Gasteiger partial charge in [-0.15, -0.1) is 0 Å². The van der Waals surface area contributed by atoms with Crippen molar-refractivity contribution >= 4 is 46.1 Å². The number of amides is 2. The number of nitrogens with zero attached hydrogens (tertiary/aromatic N) is 2. The summed E-state index contributed by atoms with van der Waals surface area (Å²) < 4.78 is 6.66. The van der Waals surface area contributed by atoms with Crippen LogP contribution < -0.4 is 10.6 Å². The first-order valence-corrected chi connectivity index (χ1v) is 11.1. The van der Waals surface area contributed by atoms with Gasteiger partial charge in [-0.3, -0.25) is 14.4 Å². The Morgan fingerprint density at radius 1 is 1.16 bits per heavy atom. The van der Waals surface area contributed by atoms with Crippen LogP contribution in [0.15, 0.2) is 53.3 Å². The number of aromatic nitrogens is 3. The van der Waals surface area contributed by atoms with Gasteiger partial charge in [0, 0.05) is 34.2 Å². The van der Waals surface area contributed by atoms with Crippen molar-refractivity contribution in [2.75, 3.05) is 5.32 Å². The van der Waals surface area contributed by atoms with Crippen molar-refractivity contribution in [1.29, 1.82) is 0 Å². The lowest BCUT2D eigenvalue weighted by Crippen LogP contribution is -2.30. The molecule has 9 nitrogen and oxygen atoms in total. The molecule has 0 radical (unpaired) electrons. The molecule has 162 valence electrons. The van der Waals surface area contributed by atoms with E-state index >= 15 is 0 Å². The Hall–Kier alpha value is -3.79. The molecule has 32 heavy (non-hydrogen) atoms. The molecule has 1 aliphatic rings. The average Bonchev–Trinajstić information content (AvgIpc) is 3.58. The molecule has 0 fully saturated rings. The summed E-state index contributed by atoms with van der Waals surface area (Å²) in [5, 5.41) is 10.6. The monoisotopic (exact) mass is 449 g/mol. The van der Waals surface area contributed by atoms with Gasteiger partial charge in [0.2, 0.25) is 5.91 Å². The second-order valence-electron chi connectivity index (χ2n) is 7.31. The molecule has 0 atom stereocenters. The maximum Gasteiger partial charge on any atom is 0.298 e. The Morgan fingerprint density at radius 3 is 2.88 bits per heavy atom. The van der Waals surface area contributed by atoms with Crippen molar-refractivity contribution in [3.63, 3.8) is 0 Å². The predicted molar refractivity (Wildman–Crippen MR) is 119 cm³/mol. The van der Waals surface area contributed by atoms with E-state index in [2.05, 4.69) is 20.7 Å². The van der Waals surface area contributed by atoms with Crippen LogP contribution in [0.25, 0.3) is 10.9 Å². The smallest absolute Gasteiger partial charge is 0.298 e. The Balaban J connectivity index is 1.34.